The predicted octanol–water partition coefficient (Wildman–Crippen LogP) is 5.47. The van der Waals surface area contributed by atoms with Crippen LogP contribution in [0.15, 0.2) is 46.9 Å². The summed E-state index contributed by atoms with van der Waals surface area (Å²) in [6.45, 7) is 5.67. The molecule has 0 fully saturated rings. The Hall–Kier alpha value is -1.76. The first-order chi connectivity index (χ1) is 14.2. The van der Waals surface area contributed by atoms with E-state index in [0.29, 0.717) is 22.2 Å². The van der Waals surface area contributed by atoms with Crippen molar-refractivity contribution in [2.24, 2.45) is 0 Å². The predicted molar refractivity (Wildman–Crippen MR) is 124 cm³/mol. The van der Waals surface area contributed by atoms with E-state index in [-0.39, 0.29) is 31.0 Å². The van der Waals surface area contributed by atoms with Gasteiger partial charge in [-0.05, 0) is 56.2 Å². The lowest BCUT2D eigenvalue weighted by Crippen LogP contribution is -2.51. The number of nitrogens with one attached hydrogen (secondary N) is 1. The summed E-state index contributed by atoms with van der Waals surface area (Å²) in [7, 11) is 0. The van der Waals surface area contributed by atoms with E-state index < -0.39 is 6.04 Å². The summed E-state index contributed by atoms with van der Waals surface area (Å²) in [4.78, 5) is 27.4. The number of carbonyl (C=O) groups is 2. The van der Waals surface area contributed by atoms with Crippen molar-refractivity contribution in [3.05, 3.63) is 62.5 Å². The van der Waals surface area contributed by atoms with Gasteiger partial charge in [-0.25, -0.2) is 0 Å². The van der Waals surface area contributed by atoms with E-state index in [1.165, 1.54) is 4.90 Å². The van der Waals surface area contributed by atoms with Crippen LogP contribution in [0.3, 0.4) is 0 Å². The smallest absolute Gasteiger partial charge is 0.261 e. The Morgan fingerprint density at radius 3 is 2.37 bits per heavy atom. The van der Waals surface area contributed by atoms with Crippen LogP contribution in [0.5, 0.6) is 5.75 Å². The zero-order valence-electron chi connectivity index (χ0n) is 17.1. The SMILES string of the molecule is CC[C@H](C(=O)NC(C)C)N(Cc1ccc(Cl)cc1)C(=O)COc1ccc(Br)cc1Cl. The average Bonchev–Trinajstić information content (AvgIpc) is 2.68. The lowest BCUT2D eigenvalue weighted by molar-refractivity contribution is -0.143. The van der Waals surface area contributed by atoms with Crippen LogP contribution in [0.25, 0.3) is 0 Å². The Morgan fingerprint density at radius 1 is 1.13 bits per heavy atom. The summed E-state index contributed by atoms with van der Waals surface area (Å²) in [6, 6.07) is 11.7. The standard InChI is InChI=1S/C22H25BrCl2N2O3/c1-4-19(22(29)26-14(2)3)27(12-15-5-8-17(24)9-6-15)21(28)13-30-20-10-7-16(23)11-18(20)25/h5-11,14,19H,4,12-13H2,1-3H3,(H,26,29)/t19-/m1/s1. The maximum Gasteiger partial charge on any atom is 0.261 e. The van der Waals surface area contributed by atoms with Crippen LogP contribution in [-0.4, -0.2) is 35.4 Å². The molecule has 5 nitrogen and oxygen atoms in total. The number of halogens is 3. The van der Waals surface area contributed by atoms with Crippen LogP contribution in [0.4, 0.5) is 0 Å². The molecule has 0 heterocycles. The molecule has 8 heteroatoms. The molecule has 162 valence electrons. The van der Waals surface area contributed by atoms with Crippen LogP contribution in [0.1, 0.15) is 32.8 Å². The minimum Gasteiger partial charge on any atom is -0.482 e. The van der Waals surface area contributed by atoms with Crippen LogP contribution in [0, 0.1) is 0 Å². The van der Waals surface area contributed by atoms with Gasteiger partial charge in [0.2, 0.25) is 5.91 Å². The summed E-state index contributed by atoms with van der Waals surface area (Å²) < 4.78 is 6.46. The van der Waals surface area contributed by atoms with Gasteiger partial charge in [0.25, 0.3) is 5.91 Å². The fourth-order valence-electron chi connectivity index (χ4n) is 2.90. The first kappa shape index (κ1) is 24.5. The molecule has 1 N–H and O–H groups in total. The molecule has 0 bridgehead atoms. The largest absolute Gasteiger partial charge is 0.482 e. The van der Waals surface area contributed by atoms with Crippen LogP contribution in [0.2, 0.25) is 10.0 Å². The molecule has 0 saturated carbocycles. The molecule has 1 atom stereocenters. The van der Waals surface area contributed by atoms with E-state index >= 15 is 0 Å². The molecule has 2 aromatic carbocycles. The van der Waals surface area contributed by atoms with Gasteiger partial charge < -0.3 is 15.0 Å². The molecule has 0 aliphatic carbocycles. The van der Waals surface area contributed by atoms with Crippen LogP contribution < -0.4 is 10.1 Å². The van der Waals surface area contributed by atoms with Crippen molar-refractivity contribution in [1.82, 2.24) is 10.2 Å². The quantitative estimate of drug-likeness (QED) is 0.482. The normalized spacial score (nSPS) is 11.8. The number of hydrogen-bond donors (Lipinski definition) is 1. The summed E-state index contributed by atoms with van der Waals surface area (Å²) in [5.41, 5.74) is 0.866. The number of carbonyl (C=O) groups excluding carboxylic acids is 2. The van der Waals surface area contributed by atoms with Gasteiger partial charge in [0.05, 0.1) is 5.02 Å². The highest BCUT2D eigenvalue weighted by Gasteiger charge is 2.29. The zero-order valence-corrected chi connectivity index (χ0v) is 20.2. The molecule has 0 saturated heterocycles. The summed E-state index contributed by atoms with van der Waals surface area (Å²) in [6.07, 6.45) is 0.469. The van der Waals surface area contributed by atoms with E-state index in [0.717, 1.165) is 10.0 Å². The number of nitrogens with zero attached hydrogens (tertiary/aromatic N) is 1. The molecule has 0 unspecified atom stereocenters. The maximum atomic E-state index is 13.1. The fourth-order valence-corrected chi connectivity index (χ4v) is 3.76. The van der Waals surface area contributed by atoms with E-state index in [4.69, 9.17) is 27.9 Å². The maximum absolute atomic E-state index is 13.1. The van der Waals surface area contributed by atoms with Gasteiger partial charge in [0.15, 0.2) is 6.61 Å². The second-order valence-electron chi connectivity index (χ2n) is 7.10. The third-order valence-electron chi connectivity index (χ3n) is 4.33. The van der Waals surface area contributed by atoms with Gasteiger partial charge in [0.1, 0.15) is 11.8 Å². The van der Waals surface area contributed by atoms with Gasteiger partial charge in [-0.15, -0.1) is 0 Å². The van der Waals surface area contributed by atoms with E-state index in [9.17, 15) is 9.59 Å². The molecule has 0 aliphatic rings. The number of rotatable bonds is 9. The minimum absolute atomic E-state index is 0.0307. The lowest BCUT2D eigenvalue weighted by atomic mass is 10.1. The summed E-state index contributed by atoms with van der Waals surface area (Å²) >= 11 is 15.5. The van der Waals surface area contributed by atoms with E-state index in [1.54, 1.807) is 30.3 Å². The lowest BCUT2D eigenvalue weighted by Gasteiger charge is -2.31. The first-order valence-electron chi connectivity index (χ1n) is 9.63. The van der Waals surface area contributed by atoms with E-state index in [2.05, 4.69) is 21.2 Å². The first-order valence-corrected chi connectivity index (χ1v) is 11.2. The second-order valence-corrected chi connectivity index (χ2v) is 8.86. The molecule has 30 heavy (non-hydrogen) atoms. The van der Waals surface area contributed by atoms with Crippen molar-refractivity contribution in [3.63, 3.8) is 0 Å². The summed E-state index contributed by atoms with van der Waals surface area (Å²) in [5, 5.41) is 3.89. The average molecular weight is 516 g/mol. The number of benzene rings is 2. The molecule has 2 aromatic rings. The van der Waals surface area contributed by atoms with Crippen molar-refractivity contribution < 1.29 is 14.3 Å². The molecule has 0 radical (unpaired) electrons. The molecular formula is C22H25BrCl2N2O3. The molecule has 2 amide bonds. The van der Waals surface area contributed by atoms with Crippen molar-refractivity contribution in [1.29, 1.82) is 0 Å². The van der Waals surface area contributed by atoms with Crippen molar-refractivity contribution in [3.8, 4) is 5.75 Å². The minimum atomic E-state index is -0.625. The van der Waals surface area contributed by atoms with Gasteiger partial charge in [-0.2, -0.15) is 0 Å². The van der Waals surface area contributed by atoms with Crippen LogP contribution >= 0.6 is 39.1 Å². The topological polar surface area (TPSA) is 58.6 Å². The number of amides is 2. The highest BCUT2D eigenvalue weighted by atomic mass is 79.9. The van der Waals surface area contributed by atoms with Crippen molar-refractivity contribution in [2.75, 3.05) is 6.61 Å². The third kappa shape index (κ3) is 7.18. The Bertz CT molecular complexity index is 875. The van der Waals surface area contributed by atoms with Crippen LogP contribution in [-0.2, 0) is 16.1 Å². The second kappa shape index (κ2) is 11.6. The van der Waals surface area contributed by atoms with E-state index in [1.807, 2.05) is 32.9 Å². The van der Waals surface area contributed by atoms with Gasteiger partial charge in [0, 0.05) is 22.1 Å². The van der Waals surface area contributed by atoms with Crippen molar-refractivity contribution >= 4 is 50.9 Å². The molecule has 0 aliphatic heterocycles. The Kier molecular flexibility index (Phi) is 9.46. The third-order valence-corrected chi connectivity index (χ3v) is 5.37. The highest BCUT2D eigenvalue weighted by molar-refractivity contribution is 9.10. The Morgan fingerprint density at radius 2 is 1.80 bits per heavy atom. The molecule has 0 aromatic heterocycles. The van der Waals surface area contributed by atoms with Gasteiger partial charge in [-0.1, -0.05) is 58.2 Å². The number of hydrogen-bond acceptors (Lipinski definition) is 3. The Labute approximate surface area is 195 Å². The summed E-state index contributed by atoms with van der Waals surface area (Å²) in [5.74, 6) is -0.106. The van der Waals surface area contributed by atoms with Gasteiger partial charge in [-0.3, -0.25) is 9.59 Å². The zero-order chi connectivity index (χ0) is 22.3. The number of ether oxygens (including phenoxy) is 1. The Balaban J connectivity index is 2.22. The van der Waals surface area contributed by atoms with Gasteiger partial charge >= 0.3 is 0 Å². The van der Waals surface area contributed by atoms with Crippen molar-refractivity contribution in [2.45, 2.75) is 45.8 Å². The fraction of sp³-hybridized carbons (Fsp3) is 0.364. The highest BCUT2D eigenvalue weighted by Crippen LogP contribution is 2.28. The molecule has 2 rings (SSSR count). The molecular weight excluding hydrogens is 491 g/mol. The molecule has 0 spiro atoms. The monoisotopic (exact) mass is 514 g/mol.